The van der Waals surface area contributed by atoms with Crippen LogP contribution >= 0.6 is 34.8 Å². The molecular weight excluding hydrogens is 365 g/mol. The molecule has 0 saturated heterocycles. The normalized spacial score (nSPS) is 14.7. The summed E-state index contributed by atoms with van der Waals surface area (Å²) in [4.78, 5) is 10.2. The van der Waals surface area contributed by atoms with Crippen LogP contribution in [0.5, 0.6) is 0 Å². The number of benzene rings is 1. The Morgan fingerprint density at radius 2 is 1.76 bits per heavy atom. The fourth-order valence-electron chi connectivity index (χ4n) is 1.50. The highest BCUT2D eigenvalue weighted by Crippen LogP contribution is 2.32. The summed E-state index contributed by atoms with van der Waals surface area (Å²) in [5.41, 5.74) is -1.76. The molecule has 1 unspecified atom stereocenters. The predicted octanol–water partition coefficient (Wildman–Crippen LogP) is 2.15. The van der Waals surface area contributed by atoms with Crippen LogP contribution in [-0.4, -0.2) is 36.7 Å². The van der Waals surface area contributed by atoms with Gasteiger partial charge >= 0.3 is 5.97 Å². The minimum Gasteiger partial charge on any atom is -0.481 e. The Kier molecular flexibility index (Phi) is 5.88. The van der Waals surface area contributed by atoms with Gasteiger partial charge in [-0.15, -0.1) is 0 Å². The number of nitrogens with one attached hydrogen (secondary N) is 1. The Morgan fingerprint density at radius 3 is 2.19 bits per heavy atom. The second-order valence-corrected chi connectivity index (χ2v) is 7.55. The number of hydrogen-bond acceptors (Lipinski definition) is 4. The maximum Gasteiger partial charge on any atom is 0.306 e. The molecule has 0 bridgehead atoms. The number of sulfonamides is 1. The topological polar surface area (TPSA) is 104 Å². The molecule has 3 N–H and O–H groups in total. The SMILES string of the molecule is CC(O)(CNS(=O)(=O)c1c(Cl)cc(Cl)cc1Cl)CC(=O)O. The van der Waals surface area contributed by atoms with Crippen LogP contribution in [-0.2, 0) is 14.8 Å². The van der Waals surface area contributed by atoms with Gasteiger partial charge in [-0.3, -0.25) is 4.79 Å². The van der Waals surface area contributed by atoms with Crippen molar-refractivity contribution in [3.63, 3.8) is 0 Å². The van der Waals surface area contributed by atoms with Crippen molar-refractivity contribution < 1.29 is 23.4 Å². The third-order valence-corrected chi connectivity index (χ3v) is 4.95. The molecule has 1 atom stereocenters. The highest BCUT2D eigenvalue weighted by Gasteiger charge is 2.29. The van der Waals surface area contributed by atoms with Crippen molar-refractivity contribution in [3.8, 4) is 0 Å². The molecule has 0 heterocycles. The van der Waals surface area contributed by atoms with Crippen LogP contribution < -0.4 is 4.72 Å². The molecule has 10 heteroatoms. The zero-order valence-corrected chi connectivity index (χ0v) is 13.8. The summed E-state index contributed by atoms with van der Waals surface area (Å²) >= 11 is 17.3. The second kappa shape index (κ2) is 6.68. The van der Waals surface area contributed by atoms with E-state index in [9.17, 15) is 18.3 Å². The number of carbonyl (C=O) groups is 1. The molecule has 0 aromatic heterocycles. The van der Waals surface area contributed by atoms with Crippen LogP contribution in [0.4, 0.5) is 0 Å². The van der Waals surface area contributed by atoms with E-state index in [0.29, 0.717) is 0 Å². The monoisotopic (exact) mass is 375 g/mol. The average molecular weight is 377 g/mol. The Labute approximate surface area is 136 Å². The summed E-state index contributed by atoms with van der Waals surface area (Å²) in [6.45, 7) is 0.672. The molecule has 0 radical (unpaired) electrons. The van der Waals surface area contributed by atoms with E-state index in [0.717, 1.165) is 0 Å². The number of aliphatic hydroxyl groups is 1. The van der Waals surface area contributed by atoms with Gasteiger partial charge in [-0.2, -0.15) is 0 Å². The maximum atomic E-state index is 12.1. The summed E-state index contributed by atoms with van der Waals surface area (Å²) in [6.07, 6.45) is -0.627. The van der Waals surface area contributed by atoms with E-state index in [4.69, 9.17) is 39.9 Å². The Balaban J connectivity index is 3.01. The quantitative estimate of drug-likeness (QED) is 0.706. The van der Waals surface area contributed by atoms with Crippen LogP contribution in [0.3, 0.4) is 0 Å². The van der Waals surface area contributed by atoms with Gasteiger partial charge < -0.3 is 10.2 Å². The van der Waals surface area contributed by atoms with Gasteiger partial charge in [-0.05, 0) is 19.1 Å². The third-order valence-electron chi connectivity index (χ3n) is 2.41. The van der Waals surface area contributed by atoms with Crippen molar-refractivity contribution >= 4 is 50.8 Å². The van der Waals surface area contributed by atoms with Gasteiger partial charge in [-0.1, -0.05) is 34.8 Å². The summed E-state index contributed by atoms with van der Waals surface area (Å²) in [5, 5.41) is 18.2. The highest BCUT2D eigenvalue weighted by atomic mass is 35.5. The number of halogens is 3. The first kappa shape index (κ1) is 18.5. The van der Waals surface area contributed by atoms with E-state index >= 15 is 0 Å². The number of aliphatic carboxylic acids is 1. The van der Waals surface area contributed by atoms with E-state index in [1.807, 2.05) is 0 Å². The van der Waals surface area contributed by atoms with E-state index in [2.05, 4.69) is 4.72 Å². The predicted molar refractivity (Wildman–Crippen MR) is 79.5 cm³/mol. The fourth-order valence-corrected chi connectivity index (χ4v) is 4.20. The Bertz CT molecular complexity index is 637. The van der Waals surface area contributed by atoms with Crippen LogP contribution in [0.1, 0.15) is 13.3 Å². The number of hydrogen-bond donors (Lipinski definition) is 3. The first-order valence-electron chi connectivity index (χ1n) is 5.53. The zero-order valence-electron chi connectivity index (χ0n) is 10.7. The fraction of sp³-hybridized carbons (Fsp3) is 0.364. The standard InChI is InChI=1S/C11H12Cl3NO5S/c1-11(18,4-9(16)17)5-15-21(19,20)10-7(13)2-6(12)3-8(10)14/h2-3,15,18H,4-5H2,1H3,(H,16,17). The minimum absolute atomic E-state index is 0.168. The van der Waals surface area contributed by atoms with Crippen molar-refractivity contribution in [2.75, 3.05) is 6.54 Å². The molecule has 0 amide bonds. The minimum atomic E-state index is -4.13. The molecule has 1 aromatic carbocycles. The lowest BCUT2D eigenvalue weighted by Crippen LogP contribution is -2.42. The largest absolute Gasteiger partial charge is 0.481 e. The summed E-state index contributed by atoms with van der Waals surface area (Å²) in [6, 6.07) is 2.41. The summed E-state index contributed by atoms with van der Waals surface area (Å²) in [5.74, 6) is -1.26. The van der Waals surface area contributed by atoms with Crippen LogP contribution in [0, 0.1) is 0 Å². The Hall–Kier alpha value is -0.570. The van der Waals surface area contributed by atoms with Gasteiger partial charge in [0.1, 0.15) is 4.90 Å². The van der Waals surface area contributed by atoms with Crippen LogP contribution in [0.2, 0.25) is 15.1 Å². The van der Waals surface area contributed by atoms with Crippen molar-refractivity contribution in [1.29, 1.82) is 0 Å². The molecule has 6 nitrogen and oxygen atoms in total. The average Bonchev–Trinajstić information content (AvgIpc) is 2.23. The highest BCUT2D eigenvalue weighted by molar-refractivity contribution is 7.89. The lowest BCUT2D eigenvalue weighted by atomic mass is 10.0. The molecule has 1 rings (SSSR count). The smallest absolute Gasteiger partial charge is 0.306 e. The molecule has 0 fully saturated rings. The molecular formula is C11H12Cl3NO5S. The molecule has 0 saturated carbocycles. The van der Waals surface area contributed by atoms with E-state index in [1.54, 1.807) is 0 Å². The van der Waals surface area contributed by atoms with Crippen molar-refractivity contribution in [1.82, 2.24) is 4.72 Å². The van der Waals surface area contributed by atoms with Crippen molar-refractivity contribution in [2.45, 2.75) is 23.8 Å². The lowest BCUT2D eigenvalue weighted by Gasteiger charge is -2.21. The van der Waals surface area contributed by atoms with Gasteiger partial charge in [0.05, 0.1) is 22.1 Å². The van der Waals surface area contributed by atoms with E-state index in [1.165, 1.54) is 19.1 Å². The second-order valence-electron chi connectivity index (χ2n) is 4.59. The first-order chi connectivity index (χ1) is 9.44. The molecule has 0 spiro atoms. The van der Waals surface area contributed by atoms with Gasteiger partial charge in [0, 0.05) is 11.6 Å². The molecule has 1 aromatic rings. The van der Waals surface area contributed by atoms with Gasteiger partial charge in [-0.25, -0.2) is 13.1 Å². The summed E-state index contributed by atoms with van der Waals surface area (Å²) in [7, 11) is -4.13. The zero-order chi connectivity index (χ0) is 16.4. The van der Waals surface area contributed by atoms with E-state index in [-0.39, 0.29) is 20.0 Å². The number of carboxylic acids is 1. The molecule has 118 valence electrons. The van der Waals surface area contributed by atoms with Crippen LogP contribution in [0.15, 0.2) is 17.0 Å². The summed E-state index contributed by atoms with van der Waals surface area (Å²) < 4.78 is 26.3. The molecule has 0 aliphatic heterocycles. The van der Waals surface area contributed by atoms with Crippen LogP contribution in [0.25, 0.3) is 0 Å². The maximum absolute atomic E-state index is 12.1. The van der Waals surface area contributed by atoms with Gasteiger partial charge in [0.25, 0.3) is 0 Å². The van der Waals surface area contributed by atoms with Gasteiger partial charge in [0.15, 0.2) is 0 Å². The lowest BCUT2D eigenvalue weighted by molar-refractivity contribution is -0.141. The Morgan fingerprint density at radius 1 is 1.29 bits per heavy atom. The van der Waals surface area contributed by atoms with Gasteiger partial charge in [0.2, 0.25) is 10.0 Å². The third kappa shape index (κ3) is 5.28. The van der Waals surface area contributed by atoms with Crippen molar-refractivity contribution in [3.05, 3.63) is 27.2 Å². The molecule has 0 aliphatic carbocycles. The molecule has 0 aliphatic rings. The molecule has 21 heavy (non-hydrogen) atoms. The first-order valence-corrected chi connectivity index (χ1v) is 8.15. The van der Waals surface area contributed by atoms with Crippen molar-refractivity contribution in [2.24, 2.45) is 0 Å². The number of carboxylic acid groups (broad SMARTS) is 1. The van der Waals surface area contributed by atoms with E-state index < -0.39 is 34.6 Å². The number of rotatable bonds is 6.